The molecule has 2 aromatic rings. The van der Waals surface area contributed by atoms with Crippen molar-refractivity contribution in [2.24, 2.45) is 5.73 Å². The first-order chi connectivity index (χ1) is 10.1. The van der Waals surface area contributed by atoms with Gasteiger partial charge in [-0.25, -0.2) is 0 Å². The molecule has 2 N–H and O–H groups in total. The molecule has 3 nitrogen and oxygen atoms in total. The van der Waals surface area contributed by atoms with Gasteiger partial charge >= 0.3 is 0 Å². The lowest BCUT2D eigenvalue weighted by atomic mass is 10.0. The molecule has 21 heavy (non-hydrogen) atoms. The van der Waals surface area contributed by atoms with Crippen molar-refractivity contribution >= 4 is 11.6 Å². The first kappa shape index (κ1) is 15.7. The van der Waals surface area contributed by atoms with Gasteiger partial charge in [0.1, 0.15) is 17.2 Å². The Balaban J connectivity index is 2.09. The highest BCUT2D eigenvalue weighted by Crippen LogP contribution is 2.31. The summed E-state index contributed by atoms with van der Waals surface area (Å²) >= 11 is 6.27. The summed E-state index contributed by atoms with van der Waals surface area (Å²) in [5, 5.41) is 0.589. The standard InChI is InChI=1S/C17H20ClNO2/c1-3-13(19)10-12-4-9-17(16(18)11-12)21-15-7-5-14(20-2)6-8-15/h4-9,11,13H,3,10,19H2,1-2H3. The van der Waals surface area contributed by atoms with Crippen LogP contribution in [-0.4, -0.2) is 13.2 Å². The Hall–Kier alpha value is -1.71. The number of hydrogen-bond acceptors (Lipinski definition) is 3. The third-order valence-corrected chi connectivity index (χ3v) is 3.60. The predicted octanol–water partition coefficient (Wildman–Crippen LogP) is 4.42. The van der Waals surface area contributed by atoms with Gasteiger partial charge in [0.2, 0.25) is 0 Å². The first-order valence-corrected chi connectivity index (χ1v) is 7.36. The monoisotopic (exact) mass is 305 g/mol. The number of hydrogen-bond donors (Lipinski definition) is 1. The van der Waals surface area contributed by atoms with Crippen LogP contribution in [0.15, 0.2) is 42.5 Å². The Morgan fingerprint density at radius 3 is 2.33 bits per heavy atom. The number of methoxy groups -OCH3 is 1. The van der Waals surface area contributed by atoms with E-state index >= 15 is 0 Å². The summed E-state index contributed by atoms with van der Waals surface area (Å²) in [6, 6.07) is 13.3. The second-order valence-electron chi connectivity index (χ2n) is 4.91. The molecule has 0 saturated heterocycles. The lowest BCUT2D eigenvalue weighted by molar-refractivity contribution is 0.413. The average Bonchev–Trinajstić information content (AvgIpc) is 2.50. The second-order valence-corrected chi connectivity index (χ2v) is 5.32. The van der Waals surface area contributed by atoms with E-state index in [1.54, 1.807) is 7.11 Å². The smallest absolute Gasteiger partial charge is 0.146 e. The highest BCUT2D eigenvalue weighted by molar-refractivity contribution is 6.32. The quantitative estimate of drug-likeness (QED) is 0.859. The van der Waals surface area contributed by atoms with E-state index in [0.29, 0.717) is 10.8 Å². The molecule has 0 aliphatic carbocycles. The van der Waals surface area contributed by atoms with Crippen molar-refractivity contribution in [1.82, 2.24) is 0 Å². The van der Waals surface area contributed by atoms with Crippen molar-refractivity contribution in [2.45, 2.75) is 25.8 Å². The Labute approximate surface area is 130 Å². The molecule has 2 rings (SSSR count). The minimum Gasteiger partial charge on any atom is -0.497 e. The molecule has 0 amide bonds. The van der Waals surface area contributed by atoms with Crippen LogP contribution in [0.5, 0.6) is 17.2 Å². The number of rotatable bonds is 6. The largest absolute Gasteiger partial charge is 0.497 e. The molecule has 0 fully saturated rings. The maximum atomic E-state index is 6.27. The molecule has 0 aromatic heterocycles. The van der Waals surface area contributed by atoms with Gasteiger partial charge in [-0.2, -0.15) is 0 Å². The van der Waals surface area contributed by atoms with Gasteiger partial charge in [0, 0.05) is 6.04 Å². The normalized spacial score (nSPS) is 12.0. The van der Waals surface area contributed by atoms with E-state index in [-0.39, 0.29) is 6.04 Å². The third kappa shape index (κ3) is 4.38. The van der Waals surface area contributed by atoms with Crippen LogP contribution in [0.2, 0.25) is 5.02 Å². The number of nitrogens with two attached hydrogens (primary N) is 1. The van der Waals surface area contributed by atoms with Crippen LogP contribution >= 0.6 is 11.6 Å². The topological polar surface area (TPSA) is 44.5 Å². The van der Waals surface area contributed by atoms with E-state index in [0.717, 1.165) is 29.9 Å². The molecule has 4 heteroatoms. The van der Waals surface area contributed by atoms with Crippen LogP contribution in [0.1, 0.15) is 18.9 Å². The average molecular weight is 306 g/mol. The zero-order chi connectivity index (χ0) is 15.2. The van der Waals surface area contributed by atoms with Crippen molar-refractivity contribution in [1.29, 1.82) is 0 Å². The van der Waals surface area contributed by atoms with Crippen LogP contribution in [-0.2, 0) is 6.42 Å². The van der Waals surface area contributed by atoms with Crippen molar-refractivity contribution in [2.75, 3.05) is 7.11 Å². The number of ether oxygens (including phenoxy) is 2. The molecule has 0 bridgehead atoms. The minimum absolute atomic E-state index is 0.162. The summed E-state index contributed by atoms with van der Waals surface area (Å²) in [4.78, 5) is 0. The van der Waals surface area contributed by atoms with Gasteiger partial charge < -0.3 is 15.2 Å². The zero-order valence-electron chi connectivity index (χ0n) is 12.3. The second kappa shape index (κ2) is 7.34. The fourth-order valence-electron chi connectivity index (χ4n) is 1.97. The molecular weight excluding hydrogens is 286 g/mol. The summed E-state index contributed by atoms with van der Waals surface area (Å²) in [5.41, 5.74) is 7.08. The Bertz CT molecular complexity index is 584. The van der Waals surface area contributed by atoms with Gasteiger partial charge in [0.15, 0.2) is 0 Å². The van der Waals surface area contributed by atoms with Crippen LogP contribution in [0.25, 0.3) is 0 Å². The molecule has 1 unspecified atom stereocenters. The van der Waals surface area contributed by atoms with Crippen LogP contribution in [0, 0.1) is 0 Å². The zero-order valence-corrected chi connectivity index (χ0v) is 13.1. The van der Waals surface area contributed by atoms with Gasteiger partial charge in [-0.15, -0.1) is 0 Å². The maximum absolute atomic E-state index is 6.27. The Morgan fingerprint density at radius 1 is 1.10 bits per heavy atom. The van der Waals surface area contributed by atoms with E-state index in [1.807, 2.05) is 42.5 Å². The van der Waals surface area contributed by atoms with E-state index in [9.17, 15) is 0 Å². The lowest BCUT2D eigenvalue weighted by Crippen LogP contribution is -2.21. The molecule has 0 aliphatic rings. The number of halogens is 1. The molecule has 0 heterocycles. The molecule has 0 aliphatic heterocycles. The van der Waals surface area contributed by atoms with Crippen LogP contribution < -0.4 is 15.2 Å². The summed E-state index contributed by atoms with van der Waals surface area (Å²) in [6.45, 7) is 2.08. The molecule has 0 saturated carbocycles. The molecule has 1 atom stereocenters. The first-order valence-electron chi connectivity index (χ1n) is 6.98. The molecular formula is C17H20ClNO2. The van der Waals surface area contributed by atoms with Crippen molar-refractivity contribution in [3.63, 3.8) is 0 Å². The summed E-state index contributed by atoms with van der Waals surface area (Å²) in [5.74, 6) is 2.14. The van der Waals surface area contributed by atoms with E-state index < -0.39 is 0 Å². The Kier molecular flexibility index (Phi) is 5.48. The van der Waals surface area contributed by atoms with Crippen molar-refractivity contribution in [3.8, 4) is 17.2 Å². The summed E-state index contributed by atoms with van der Waals surface area (Å²) in [7, 11) is 1.63. The van der Waals surface area contributed by atoms with E-state index in [4.69, 9.17) is 26.8 Å². The van der Waals surface area contributed by atoms with Crippen molar-refractivity contribution in [3.05, 3.63) is 53.1 Å². The predicted molar refractivity (Wildman–Crippen MR) is 86.5 cm³/mol. The Morgan fingerprint density at radius 2 is 1.76 bits per heavy atom. The molecule has 112 valence electrons. The van der Waals surface area contributed by atoms with Gasteiger partial charge in [-0.05, 0) is 54.8 Å². The van der Waals surface area contributed by atoms with Gasteiger partial charge in [-0.1, -0.05) is 24.6 Å². The fraction of sp³-hybridized carbons (Fsp3) is 0.294. The highest BCUT2D eigenvalue weighted by Gasteiger charge is 2.07. The van der Waals surface area contributed by atoms with Gasteiger partial charge in [0.05, 0.1) is 12.1 Å². The van der Waals surface area contributed by atoms with Gasteiger partial charge in [-0.3, -0.25) is 0 Å². The molecule has 0 radical (unpaired) electrons. The summed E-state index contributed by atoms with van der Waals surface area (Å²) in [6.07, 6.45) is 1.76. The molecule has 2 aromatic carbocycles. The van der Waals surface area contributed by atoms with E-state index in [1.165, 1.54) is 0 Å². The maximum Gasteiger partial charge on any atom is 0.146 e. The summed E-state index contributed by atoms with van der Waals surface area (Å²) < 4.78 is 10.9. The van der Waals surface area contributed by atoms with Crippen molar-refractivity contribution < 1.29 is 9.47 Å². The SMILES string of the molecule is CCC(N)Cc1ccc(Oc2ccc(OC)cc2)c(Cl)c1. The van der Waals surface area contributed by atoms with Gasteiger partial charge in [0.25, 0.3) is 0 Å². The molecule has 0 spiro atoms. The van der Waals surface area contributed by atoms with E-state index in [2.05, 4.69) is 6.92 Å². The highest BCUT2D eigenvalue weighted by atomic mass is 35.5. The number of benzene rings is 2. The fourth-order valence-corrected chi connectivity index (χ4v) is 2.21. The lowest BCUT2D eigenvalue weighted by Gasteiger charge is -2.12. The van der Waals surface area contributed by atoms with Crippen LogP contribution in [0.4, 0.5) is 0 Å². The minimum atomic E-state index is 0.162. The van der Waals surface area contributed by atoms with Crippen LogP contribution in [0.3, 0.4) is 0 Å². The third-order valence-electron chi connectivity index (χ3n) is 3.31.